The fourth-order valence-electron chi connectivity index (χ4n) is 2.82. The number of benzene rings is 3. The van der Waals surface area contributed by atoms with Gasteiger partial charge in [-0.3, -0.25) is 0 Å². The van der Waals surface area contributed by atoms with Crippen LogP contribution >= 0.6 is 0 Å². The molecule has 1 amide bonds. The highest BCUT2D eigenvalue weighted by Crippen LogP contribution is 2.26. The molecule has 0 saturated carbocycles. The van der Waals surface area contributed by atoms with Gasteiger partial charge in [-0.15, -0.1) is 0 Å². The predicted octanol–water partition coefficient (Wildman–Crippen LogP) is 3.61. The number of hydrogen-bond donors (Lipinski definition) is 2. The van der Waals surface area contributed by atoms with Gasteiger partial charge in [-0.1, -0.05) is 91.0 Å². The van der Waals surface area contributed by atoms with Gasteiger partial charge in [0.1, 0.15) is 6.61 Å². The van der Waals surface area contributed by atoms with E-state index in [1.165, 1.54) is 0 Å². The van der Waals surface area contributed by atoms with Gasteiger partial charge in [0.2, 0.25) is 0 Å². The van der Waals surface area contributed by atoms with Crippen LogP contribution in [0, 0.1) is 0 Å². The Morgan fingerprint density at radius 3 is 1.83 bits per heavy atom. The van der Waals surface area contributed by atoms with Gasteiger partial charge >= 0.3 is 12.1 Å². The molecule has 0 heterocycles. The maximum absolute atomic E-state index is 12.4. The van der Waals surface area contributed by atoms with Crippen LogP contribution in [0.4, 0.5) is 4.79 Å². The third-order valence-corrected chi connectivity index (χ3v) is 4.36. The Morgan fingerprint density at radius 1 is 0.800 bits per heavy atom. The quantitative estimate of drug-likeness (QED) is 0.560. The lowest BCUT2D eigenvalue weighted by atomic mass is 10.0. The highest BCUT2D eigenvalue weighted by molar-refractivity contribution is 5.76. The summed E-state index contributed by atoms with van der Waals surface area (Å²) in [5.74, 6) is -0.837. The molecule has 3 aromatic carbocycles. The third kappa shape index (κ3) is 6.18. The predicted molar refractivity (Wildman–Crippen MR) is 111 cm³/mol. The highest BCUT2D eigenvalue weighted by Gasteiger charge is 2.24. The molecule has 0 aliphatic carbocycles. The largest absolute Gasteiger partial charge is 0.451 e. The average molecular weight is 405 g/mol. The first-order valence-electron chi connectivity index (χ1n) is 9.56. The van der Waals surface area contributed by atoms with Gasteiger partial charge < -0.3 is 19.9 Å². The minimum absolute atomic E-state index is 0.0945. The first kappa shape index (κ1) is 21.1. The molecule has 0 bridgehead atoms. The number of carbonyl (C=O) groups is 2. The molecule has 3 rings (SSSR count). The maximum atomic E-state index is 12.4. The second-order valence-electron chi connectivity index (χ2n) is 6.60. The Bertz CT molecular complexity index is 892. The summed E-state index contributed by atoms with van der Waals surface area (Å²) in [4.78, 5) is 24.2. The number of alkyl carbamates (subject to hydrolysis) is 1. The minimum atomic E-state index is -1.52. The number of rotatable bonds is 8. The van der Waals surface area contributed by atoms with E-state index in [0.717, 1.165) is 16.7 Å². The van der Waals surface area contributed by atoms with Crippen molar-refractivity contribution in [2.24, 2.45) is 0 Å². The Labute approximate surface area is 175 Å². The Kier molecular flexibility index (Phi) is 7.58. The van der Waals surface area contributed by atoms with Gasteiger partial charge in [0.15, 0.2) is 12.2 Å². The molecular weight excluding hydrogens is 382 g/mol. The van der Waals surface area contributed by atoms with Crippen molar-refractivity contribution in [3.63, 3.8) is 0 Å². The number of esters is 1. The molecule has 30 heavy (non-hydrogen) atoms. The van der Waals surface area contributed by atoms with Gasteiger partial charge in [-0.2, -0.15) is 0 Å². The number of carbonyl (C=O) groups excluding carboxylic acids is 2. The summed E-state index contributed by atoms with van der Waals surface area (Å²) in [5, 5.41) is 12.5. The van der Waals surface area contributed by atoms with Crippen LogP contribution in [0.15, 0.2) is 91.0 Å². The summed E-state index contributed by atoms with van der Waals surface area (Å²) in [7, 11) is 0. The standard InChI is InChI=1S/C24H23NO5/c26-21(16-25-24(28)29-17-18-10-4-1-5-11-18)23(27)30-22(19-12-6-2-7-13-19)20-14-8-3-9-15-20/h1-15,21-22,26H,16-17H2,(H,25,28). The van der Waals surface area contributed by atoms with Gasteiger partial charge in [-0.05, 0) is 16.7 Å². The first-order valence-corrected chi connectivity index (χ1v) is 9.56. The minimum Gasteiger partial charge on any atom is -0.451 e. The summed E-state index contributed by atoms with van der Waals surface area (Å²) in [6.07, 6.45) is -2.92. The zero-order valence-corrected chi connectivity index (χ0v) is 16.3. The van der Waals surface area contributed by atoms with E-state index < -0.39 is 24.3 Å². The molecular formula is C24H23NO5. The van der Waals surface area contributed by atoms with E-state index in [-0.39, 0.29) is 13.2 Å². The van der Waals surface area contributed by atoms with E-state index in [1.807, 2.05) is 91.0 Å². The molecule has 0 aromatic heterocycles. The lowest BCUT2D eigenvalue weighted by Crippen LogP contribution is -2.38. The lowest BCUT2D eigenvalue weighted by Gasteiger charge is -2.21. The topological polar surface area (TPSA) is 84.9 Å². The van der Waals surface area contributed by atoms with Crippen molar-refractivity contribution < 1.29 is 24.2 Å². The Morgan fingerprint density at radius 2 is 1.30 bits per heavy atom. The van der Waals surface area contributed by atoms with E-state index in [2.05, 4.69) is 5.32 Å². The normalized spacial score (nSPS) is 11.5. The molecule has 154 valence electrons. The molecule has 0 spiro atoms. The third-order valence-electron chi connectivity index (χ3n) is 4.36. The summed E-state index contributed by atoms with van der Waals surface area (Å²) in [5.41, 5.74) is 2.39. The number of amides is 1. The SMILES string of the molecule is O=C(NCC(O)C(=O)OC(c1ccccc1)c1ccccc1)OCc1ccccc1. The van der Waals surface area contributed by atoms with Crippen LogP contribution < -0.4 is 5.32 Å². The van der Waals surface area contributed by atoms with E-state index in [0.29, 0.717) is 0 Å². The van der Waals surface area contributed by atoms with E-state index >= 15 is 0 Å². The Hall–Kier alpha value is -3.64. The number of hydrogen-bond acceptors (Lipinski definition) is 5. The summed E-state index contributed by atoms with van der Waals surface area (Å²) in [6, 6.07) is 27.7. The summed E-state index contributed by atoms with van der Waals surface area (Å²) >= 11 is 0. The molecule has 0 saturated heterocycles. The van der Waals surface area contributed by atoms with Crippen molar-refractivity contribution in [1.29, 1.82) is 0 Å². The monoisotopic (exact) mass is 405 g/mol. The molecule has 1 atom stereocenters. The van der Waals surface area contributed by atoms with E-state index in [9.17, 15) is 14.7 Å². The molecule has 0 aliphatic heterocycles. The van der Waals surface area contributed by atoms with E-state index in [1.54, 1.807) is 0 Å². The van der Waals surface area contributed by atoms with Crippen LogP contribution in [0.1, 0.15) is 22.8 Å². The van der Waals surface area contributed by atoms with Crippen LogP contribution in [0.3, 0.4) is 0 Å². The molecule has 6 nitrogen and oxygen atoms in total. The van der Waals surface area contributed by atoms with Crippen molar-refractivity contribution in [2.45, 2.75) is 18.8 Å². The number of aliphatic hydroxyl groups excluding tert-OH is 1. The highest BCUT2D eigenvalue weighted by atomic mass is 16.6. The molecule has 6 heteroatoms. The number of nitrogens with one attached hydrogen (secondary N) is 1. The lowest BCUT2D eigenvalue weighted by molar-refractivity contribution is -0.157. The first-order chi connectivity index (χ1) is 14.6. The zero-order chi connectivity index (χ0) is 21.2. The van der Waals surface area contributed by atoms with Crippen LogP contribution in [0.2, 0.25) is 0 Å². The molecule has 0 fully saturated rings. The zero-order valence-electron chi connectivity index (χ0n) is 16.3. The molecule has 0 aliphatic rings. The number of ether oxygens (including phenoxy) is 2. The van der Waals surface area contributed by atoms with Gasteiger partial charge in [0, 0.05) is 0 Å². The second kappa shape index (κ2) is 10.8. The van der Waals surface area contributed by atoms with Crippen LogP contribution in [-0.2, 0) is 20.9 Å². The van der Waals surface area contributed by atoms with Crippen LogP contribution in [0.25, 0.3) is 0 Å². The molecule has 1 unspecified atom stereocenters. The van der Waals surface area contributed by atoms with Crippen molar-refractivity contribution in [1.82, 2.24) is 5.32 Å². The van der Waals surface area contributed by atoms with Crippen molar-refractivity contribution in [2.75, 3.05) is 6.54 Å². The van der Waals surface area contributed by atoms with Crippen molar-refractivity contribution in [3.05, 3.63) is 108 Å². The van der Waals surface area contributed by atoms with Crippen LogP contribution in [0.5, 0.6) is 0 Å². The maximum Gasteiger partial charge on any atom is 0.407 e. The fourth-order valence-corrected chi connectivity index (χ4v) is 2.82. The fraction of sp³-hybridized carbons (Fsp3) is 0.167. The van der Waals surface area contributed by atoms with Crippen molar-refractivity contribution >= 4 is 12.1 Å². The summed E-state index contributed by atoms with van der Waals surface area (Å²) < 4.78 is 10.6. The van der Waals surface area contributed by atoms with Gasteiger partial charge in [0.25, 0.3) is 0 Å². The smallest absolute Gasteiger partial charge is 0.407 e. The Balaban J connectivity index is 1.54. The molecule has 2 N–H and O–H groups in total. The average Bonchev–Trinajstić information content (AvgIpc) is 2.81. The van der Waals surface area contributed by atoms with Gasteiger partial charge in [-0.25, -0.2) is 9.59 Å². The van der Waals surface area contributed by atoms with Crippen LogP contribution in [-0.4, -0.2) is 29.8 Å². The van der Waals surface area contributed by atoms with Crippen molar-refractivity contribution in [3.8, 4) is 0 Å². The van der Waals surface area contributed by atoms with E-state index in [4.69, 9.17) is 9.47 Å². The van der Waals surface area contributed by atoms with Gasteiger partial charge in [0.05, 0.1) is 6.54 Å². The number of aliphatic hydroxyl groups is 1. The molecule has 0 radical (unpaired) electrons. The second-order valence-corrected chi connectivity index (χ2v) is 6.60. The summed E-state index contributed by atoms with van der Waals surface area (Å²) in [6.45, 7) is -0.222. The molecule has 3 aromatic rings.